The van der Waals surface area contributed by atoms with Crippen molar-refractivity contribution in [3.8, 4) is 0 Å². The molecule has 0 saturated carbocycles. The molecule has 2 aromatic carbocycles. The van der Waals surface area contributed by atoms with Crippen molar-refractivity contribution in [2.24, 2.45) is 69.5 Å². The Labute approximate surface area is 758 Å². The number of fused-ring (bicyclic) bond motifs is 1. The standard InChI is InChI=1S/C89H153N23O17/c1-51(2)44-67(82(122)104-66(37-21-27-43-95)81(121)110-73(54(7)8)88(128)109-69(46-53(5)6)86(126)111-75(56(10)114)89(129)112-74(55(9)113)87(127)99-50-72(115)100-62(76(97)116)33-17-23-39-91)106-79(119)64(35-19-25-41-93)101-78(118)63(34-18-24-40-92)102-84(124)70(47-57-28-12-11-13-29-57)108-83(123)68(45-52(3)4)107-80(120)65(36-20-26-42-94)103-85(125)71(105-77(117)60(96)31-16-22-38-90)48-58-49-98-61-32-15-14-30-59(58)61/h11-15,28-30,32,49,51-56,60,62-71,73-75,98,113-114H,16-27,31,33-48,50,90-96H2,1-10H3,(H2,97,116)(H,99,127)(H,100,115)(H,101,118)(H,102,124)(H,103,125)(H,104,122)(H,105,117)(H,106,119)(H,107,120)(H,108,123)(H,109,128)(H,110,121)(H,111,126)(H,112,129)/t55-,56-,60-,62-,63-,64-,65-,66-,67-,68-,69-,70-,71-,73-,74-,75-/m1/s1. The number of aliphatic hydroxyl groups is 2. The highest BCUT2D eigenvalue weighted by atomic mass is 16.3. The first-order valence-corrected chi connectivity index (χ1v) is 45.7. The molecule has 40 heteroatoms. The molecule has 726 valence electrons. The van der Waals surface area contributed by atoms with E-state index < -0.39 is 198 Å². The summed E-state index contributed by atoms with van der Waals surface area (Å²) in [4.78, 5) is 217. The van der Waals surface area contributed by atoms with Gasteiger partial charge in [0.2, 0.25) is 88.6 Å². The van der Waals surface area contributed by atoms with Crippen molar-refractivity contribution in [3.63, 3.8) is 0 Å². The predicted molar refractivity (Wildman–Crippen MR) is 491 cm³/mol. The Morgan fingerprint density at radius 2 is 0.636 bits per heavy atom. The van der Waals surface area contributed by atoms with E-state index >= 15 is 14.4 Å². The van der Waals surface area contributed by atoms with Crippen LogP contribution in [0.15, 0.2) is 60.8 Å². The Bertz CT molecular complexity index is 3980. The number of carbonyl (C=O) groups excluding carboxylic acids is 15. The summed E-state index contributed by atoms with van der Waals surface area (Å²) in [6.07, 6.45) is 4.04. The van der Waals surface area contributed by atoms with Crippen LogP contribution in [0.1, 0.15) is 215 Å². The quantitative estimate of drug-likeness (QED) is 0.0260. The van der Waals surface area contributed by atoms with Crippen molar-refractivity contribution in [1.29, 1.82) is 0 Å². The third-order valence-electron chi connectivity index (χ3n) is 21.7. The van der Waals surface area contributed by atoms with Crippen LogP contribution in [0.25, 0.3) is 10.9 Å². The fourth-order valence-corrected chi connectivity index (χ4v) is 14.4. The molecule has 0 saturated heterocycles. The third-order valence-corrected chi connectivity index (χ3v) is 21.7. The second kappa shape index (κ2) is 61.3. The molecule has 0 fully saturated rings. The summed E-state index contributed by atoms with van der Waals surface area (Å²) in [5, 5.41) is 59.8. The molecule has 129 heavy (non-hydrogen) atoms. The number of hydrogen-bond donors (Lipinski definition) is 25. The number of rotatable bonds is 66. The minimum Gasteiger partial charge on any atom is -0.391 e. The number of carbonyl (C=O) groups is 15. The highest BCUT2D eigenvalue weighted by Crippen LogP contribution is 2.22. The lowest BCUT2D eigenvalue weighted by molar-refractivity contribution is -0.138. The van der Waals surface area contributed by atoms with Gasteiger partial charge in [-0.2, -0.15) is 0 Å². The van der Waals surface area contributed by atoms with Crippen molar-refractivity contribution in [2.75, 3.05) is 45.8 Å². The molecule has 33 N–H and O–H groups in total. The molecule has 1 aromatic heterocycles. The molecule has 0 aliphatic heterocycles. The summed E-state index contributed by atoms with van der Waals surface area (Å²) in [6, 6.07) is -2.96. The second-order valence-corrected chi connectivity index (χ2v) is 34.9. The molecular formula is C89H153N23O17. The van der Waals surface area contributed by atoms with E-state index in [-0.39, 0.29) is 108 Å². The van der Waals surface area contributed by atoms with E-state index in [2.05, 4.69) is 79.4 Å². The third kappa shape index (κ3) is 42.4. The van der Waals surface area contributed by atoms with E-state index in [4.69, 9.17) is 45.9 Å². The first-order valence-electron chi connectivity index (χ1n) is 45.7. The number of aromatic nitrogens is 1. The number of amides is 15. The van der Waals surface area contributed by atoms with Crippen LogP contribution in [-0.2, 0) is 84.8 Å². The number of aromatic amines is 1. The van der Waals surface area contributed by atoms with Gasteiger partial charge in [-0.1, -0.05) is 110 Å². The summed E-state index contributed by atoms with van der Waals surface area (Å²) in [6.45, 7) is 17.2. The molecule has 1 heterocycles. The number of hydrogen-bond acceptors (Lipinski definition) is 24. The van der Waals surface area contributed by atoms with Gasteiger partial charge in [0.25, 0.3) is 0 Å². The molecule has 15 amide bonds. The maximum Gasteiger partial charge on any atom is 0.245 e. The lowest BCUT2D eigenvalue weighted by Crippen LogP contribution is -2.63. The van der Waals surface area contributed by atoms with Crippen molar-refractivity contribution < 1.29 is 82.1 Å². The lowest BCUT2D eigenvalue weighted by atomic mass is 9.98. The van der Waals surface area contributed by atoms with Crippen molar-refractivity contribution >= 4 is 99.5 Å². The smallest absolute Gasteiger partial charge is 0.245 e. The van der Waals surface area contributed by atoms with Gasteiger partial charge in [-0.3, -0.25) is 71.9 Å². The van der Waals surface area contributed by atoms with Gasteiger partial charge >= 0.3 is 0 Å². The fourth-order valence-electron chi connectivity index (χ4n) is 14.4. The molecule has 0 aliphatic rings. The molecule has 3 rings (SSSR count). The predicted octanol–water partition coefficient (Wildman–Crippen LogP) is -2.49. The molecule has 0 bridgehead atoms. The Balaban J connectivity index is 1.97. The zero-order valence-corrected chi connectivity index (χ0v) is 77.2. The van der Waals surface area contributed by atoms with E-state index in [0.717, 1.165) is 24.8 Å². The first-order chi connectivity index (χ1) is 61.2. The summed E-state index contributed by atoms with van der Waals surface area (Å²) in [5.41, 5.74) is 48.9. The van der Waals surface area contributed by atoms with E-state index in [1.807, 2.05) is 38.1 Å². The Morgan fingerprint density at radius 1 is 0.326 bits per heavy atom. The number of H-pyrrole nitrogens is 1. The highest BCUT2D eigenvalue weighted by molar-refractivity contribution is 6.01. The molecule has 0 aliphatic carbocycles. The number of para-hydroxylation sites is 1. The summed E-state index contributed by atoms with van der Waals surface area (Å²) in [7, 11) is 0. The van der Waals surface area contributed by atoms with Crippen molar-refractivity contribution in [1.82, 2.24) is 79.4 Å². The van der Waals surface area contributed by atoms with Crippen LogP contribution in [0.2, 0.25) is 0 Å². The van der Waals surface area contributed by atoms with Gasteiger partial charge in [-0.15, -0.1) is 0 Å². The van der Waals surface area contributed by atoms with Crippen LogP contribution in [0.4, 0.5) is 0 Å². The number of nitrogens with two attached hydrogens (primary N) is 8. The average molecular weight is 1820 g/mol. The van der Waals surface area contributed by atoms with Crippen LogP contribution in [0.5, 0.6) is 0 Å². The van der Waals surface area contributed by atoms with Gasteiger partial charge in [0.05, 0.1) is 24.8 Å². The Morgan fingerprint density at radius 3 is 1.04 bits per heavy atom. The minimum absolute atomic E-state index is 0.00161. The van der Waals surface area contributed by atoms with Gasteiger partial charge in [0.15, 0.2) is 0 Å². The van der Waals surface area contributed by atoms with Crippen molar-refractivity contribution in [2.45, 2.75) is 314 Å². The molecule has 0 radical (unpaired) electrons. The Kier molecular flexibility index (Phi) is 53.6. The lowest BCUT2D eigenvalue weighted by Gasteiger charge is -2.30. The van der Waals surface area contributed by atoms with Crippen LogP contribution in [-0.4, -0.2) is 246 Å². The molecular weight excluding hydrogens is 1660 g/mol. The molecule has 3 aromatic rings. The van der Waals surface area contributed by atoms with Gasteiger partial charge in [0.1, 0.15) is 78.5 Å². The van der Waals surface area contributed by atoms with Gasteiger partial charge < -0.3 is 136 Å². The maximum absolute atomic E-state index is 15.1. The normalized spacial score (nSPS) is 15.2. The van der Waals surface area contributed by atoms with Gasteiger partial charge in [-0.05, 0) is 222 Å². The van der Waals surface area contributed by atoms with E-state index in [0.29, 0.717) is 108 Å². The summed E-state index contributed by atoms with van der Waals surface area (Å²) >= 11 is 0. The minimum atomic E-state index is -1.81. The Hall–Kier alpha value is -10.3. The number of aliphatic hydroxyl groups excluding tert-OH is 2. The number of nitrogens with one attached hydrogen (secondary N) is 15. The average Bonchev–Trinajstić information content (AvgIpc) is 1.67. The monoisotopic (exact) mass is 1820 g/mol. The molecule has 0 unspecified atom stereocenters. The zero-order chi connectivity index (χ0) is 96.4. The molecule has 16 atom stereocenters. The summed E-state index contributed by atoms with van der Waals surface area (Å²) in [5.74, 6) is -14.1. The largest absolute Gasteiger partial charge is 0.391 e. The number of benzene rings is 2. The SMILES string of the molecule is CC(C)C[C@@H](NC(=O)[C@@H](CCCCN)NC(=O)[C@@H](Cc1c[nH]c2ccccc12)NC(=O)[C@H](N)CCCCN)C(=O)N[C@H](Cc1ccccc1)C(=O)N[C@H](CCCCN)C(=O)N[C@H](CCCCN)C(=O)N[C@H](CC(C)C)C(=O)N[C@H](CCCCN)C(=O)N[C@@H](C(=O)N[C@H](CC(C)C)C(=O)N[C@@H](C(=O)N[C@@H](C(=O)NCC(=O)N[C@H](CCCCN)C(N)=O)[C@@H](C)O)[C@@H](C)O)C(C)C. The zero-order valence-electron chi connectivity index (χ0n) is 77.2. The van der Waals surface area contributed by atoms with Crippen LogP contribution in [0.3, 0.4) is 0 Å². The van der Waals surface area contributed by atoms with Crippen molar-refractivity contribution in [3.05, 3.63) is 71.9 Å². The molecule has 0 spiro atoms. The topological polar surface area (TPSA) is 689 Å². The highest BCUT2D eigenvalue weighted by Gasteiger charge is 2.40. The van der Waals surface area contributed by atoms with E-state index in [1.165, 1.54) is 0 Å². The van der Waals surface area contributed by atoms with Crippen LogP contribution >= 0.6 is 0 Å². The van der Waals surface area contributed by atoms with E-state index in [1.54, 1.807) is 78.1 Å². The van der Waals surface area contributed by atoms with Gasteiger partial charge in [-0.25, -0.2) is 0 Å². The molecule has 40 nitrogen and oxygen atoms in total. The second-order valence-electron chi connectivity index (χ2n) is 34.9. The van der Waals surface area contributed by atoms with E-state index in [9.17, 15) is 67.7 Å². The summed E-state index contributed by atoms with van der Waals surface area (Å²) < 4.78 is 0. The fraction of sp³-hybridized carbons (Fsp3) is 0.674. The van der Waals surface area contributed by atoms with Crippen LogP contribution < -0.4 is 120 Å². The first kappa shape index (κ1) is 113. The van der Waals surface area contributed by atoms with Crippen LogP contribution in [0, 0.1) is 23.7 Å². The maximum atomic E-state index is 15.1. The number of unbranched alkanes of at least 4 members (excludes halogenated alkanes) is 6. The van der Waals surface area contributed by atoms with Gasteiger partial charge in [0, 0.05) is 29.9 Å². The number of primary amides is 1.